The largest absolute Gasteiger partial charge is 0.413 e. The molecular formula is C10H16F3N. The van der Waals surface area contributed by atoms with Gasteiger partial charge in [-0.15, -0.1) is 0 Å². The first-order valence-corrected chi connectivity index (χ1v) is 4.79. The zero-order valence-electron chi connectivity index (χ0n) is 8.32. The van der Waals surface area contributed by atoms with Crippen LogP contribution < -0.4 is 5.73 Å². The molecule has 4 heteroatoms. The summed E-state index contributed by atoms with van der Waals surface area (Å²) in [6.07, 6.45) is -0.887. The lowest BCUT2D eigenvalue weighted by molar-refractivity contribution is -0.0989. The molecule has 82 valence electrons. The number of nitrogens with two attached hydrogens (primary N) is 1. The van der Waals surface area contributed by atoms with Gasteiger partial charge in [-0.1, -0.05) is 26.3 Å². The first-order chi connectivity index (χ1) is 6.27. The molecule has 0 saturated heterocycles. The van der Waals surface area contributed by atoms with Crippen LogP contribution in [0.25, 0.3) is 0 Å². The van der Waals surface area contributed by atoms with E-state index in [4.69, 9.17) is 5.73 Å². The van der Waals surface area contributed by atoms with Crippen molar-refractivity contribution in [3.8, 4) is 0 Å². The molecule has 0 aromatic heterocycles. The summed E-state index contributed by atoms with van der Waals surface area (Å²) in [5, 5.41) is 0. The van der Waals surface area contributed by atoms with Gasteiger partial charge >= 0.3 is 6.18 Å². The van der Waals surface area contributed by atoms with Crippen LogP contribution in [-0.4, -0.2) is 12.2 Å². The molecule has 1 aliphatic carbocycles. The van der Waals surface area contributed by atoms with Crippen molar-refractivity contribution in [1.29, 1.82) is 0 Å². The smallest absolute Gasteiger partial charge is 0.323 e. The lowest BCUT2D eigenvalue weighted by Gasteiger charge is -2.33. The van der Waals surface area contributed by atoms with E-state index in [0.717, 1.165) is 25.7 Å². The van der Waals surface area contributed by atoms with E-state index in [1.54, 1.807) is 0 Å². The third-order valence-corrected chi connectivity index (χ3v) is 3.24. The van der Waals surface area contributed by atoms with Gasteiger partial charge in [-0.05, 0) is 18.3 Å². The molecule has 1 fully saturated rings. The Morgan fingerprint density at radius 3 is 2.14 bits per heavy atom. The monoisotopic (exact) mass is 207 g/mol. The van der Waals surface area contributed by atoms with Crippen LogP contribution in [0.1, 0.15) is 32.6 Å². The van der Waals surface area contributed by atoms with Crippen molar-refractivity contribution in [1.82, 2.24) is 0 Å². The highest BCUT2D eigenvalue weighted by Gasteiger charge is 2.44. The van der Waals surface area contributed by atoms with E-state index in [9.17, 15) is 13.2 Å². The molecule has 1 rings (SSSR count). The highest BCUT2D eigenvalue weighted by atomic mass is 19.4. The van der Waals surface area contributed by atoms with Crippen molar-refractivity contribution in [2.75, 3.05) is 0 Å². The predicted molar refractivity (Wildman–Crippen MR) is 49.7 cm³/mol. The van der Waals surface area contributed by atoms with Gasteiger partial charge in [0.1, 0.15) is 0 Å². The first kappa shape index (κ1) is 11.6. The zero-order valence-corrected chi connectivity index (χ0v) is 8.32. The van der Waals surface area contributed by atoms with Crippen LogP contribution in [0.4, 0.5) is 13.2 Å². The molecule has 1 aliphatic rings. The molecule has 0 aromatic carbocycles. The van der Waals surface area contributed by atoms with Crippen molar-refractivity contribution < 1.29 is 13.2 Å². The summed E-state index contributed by atoms with van der Waals surface area (Å²) >= 11 is 0. The van der Waals surface area contributed by atoms with Gasteiger partial charge < -0.3 is 5.73 Å². The van der Waals surface area contributed by atoms with E-state index in [1.807, 2.05) is 6.92 Å². The van der Waals surface area contributed by atoms with Gasteiger partial charge in [-0.25, -0.2) is 0 Å². The van der Waals surface area contributed by atoms with Crippen LogP contribution in [0, 0.1) is 5.41 Å². The summed E-state index contributed by atoms with van der Waals surface area (Å²) in [6.45, 7) is 4.89. The number of halogens is 3. The maximum Gasteiger partial charge on any atom is 0.413 e. The number of hydrogen-bond donors (Lipinski definition) is 1. The minimum atomic E-state index is -4.36. The molecule has 14 heavy (non-hydrogen) atoms. The molecule has 1 saturated carbocycles. The molecule has 0 amide bonds. The van der Waals surface area contributed by atoms with Crippen molar-refractivity contribution in [2.24, 2.45) is 11.1 Å². The van der Waals surface area contributed by atoms with E-state index in [-0.39, 0.29) is 0 Å². The van der Waals surface area contributed by atoms with Crippen molar-refractivity contribution in [3.05, 3.63) is 12.2 Å². The molecule has 2 N–H and O–H groups in total. The van der Waals surface area contributed by atoms with E-state index in [2.05, 4.69) is 6.58 Å². The Morgan fingerprint density at radius 1 is 1.36 bits per heavy atom. The van der Waals surface area contributed by atoms with Crippen LogP contribution in [0.5, 0.6) is 0 Å². The minimum Gasteiger partial charge on any atom is -0.323 e. The van der Waals surface area contributed by atoms with Crippen molar-refractivity contribution in [3.63, 3.8) is 0 Å². The second kappa shape index (κ2) is 3.57. The fraction of sp³-hybridized carbons (Fsp3) is 0.800. The molecule has 1 nitrogen and oxygen atoms in total. The van der Waals surface area contributed by atoms with Gasteiger partial charge in [0.15, 0.2) is 0 Å². The molecule has 0 bridgehead atoms. The lowest BCUT2D eigenvalue weighted by Crippen LogP contribution is -2.43. The SMILES string of the molecule is C=C(C(N)C1(C)CCCC1)C(F)(F)F. The lowest BCUT2D eigenvalue weighted by atomic mass is 9.78. The standard InChI is InChI=1S/C10H16F3N/c1-7(10(11,12)13)8(14)9(2)5-3-4-6-9/h8H,1,3-6,14H2,2H3. The first-order valence-electron chi connectivity index (χ1n) is 4.79. The third-order valence-electron chi connectivity index (χ3n) is 3.24. The molecule has 0 heterocycles. The number of alkyl halides is 3. The summed E-state index contributed by atoms with van der Waals surface area (Å²) in [4.78, 5) is 0. The average Bonchev–Trinajstić information content (AvgIpc) is 2.49. The predicted octanol–water partition coefficient (Wildman–Crippen LogP) is 3.01. The molecule has 1 atom stereocenters. The molecule has 0 aromatic rings. The number of hydrogen-bond acceptors (Lipinski definition) is 1. The highest BCUT2D eigenvalue weighted by molar-refractivity contribution is 5.16. The Bertz CT molecular complexity index is 226. The fourth-order valence-corrected chi connectivity index (χ4v) is 2.09. The molecule has 1 unspecified atom stereocenters. The van der Waals surface area contributed by atoms with Crippen LogP contribution in [0.2, 0.25) is 0 Å². The Morgan fingerprint density at radius 2 is 1.79 bits per heavy atom. The normalized spacial score (nSPS) is 23.5. The summed E-state index contributed by atoms with van der Waals surface area (Å²) in [6, 6.07) is -0.954. The Labute approximate surface area is 82.2 Å². The third kappa shape index (κ3) is 2.11. The van der Waals surface area contributed by atoms with Crippen LogP contribution in [-0.2, 0) is 0 Å². The van der Waals surface area contributed by atoms with Gasteiger partial charge in [0, 0.05) is 11.6 Å². The van der Waals surface area contributed by atoms with E-state index in [0.29, 0.717) is 0 Å². The average molecular weight is 207 g/mol. The van der Waals surface area contributed by atoms with Crippen molar-refractivity contribution in [2.45, 2.75) is 44.8 Å². The summed E-state index contributed by atoms with van der Waals surface area (Å²) in [7, 11) is 0. The van der Waals surface area contributed by atoms with Gasteiger partial charge in [-0.2, -0.15) is 13.2 Å². The van der Waals surface area contributed by atoms with E-state index >= 15 is 0 Å². The molecule has 0 spiro atoms. The van der Waals surface area contributed by atoms with Gasteiger partial charge in [0.05, 0.1) is 0 Å². The topological polar surface area (TPSA) is 26.0 Å². The second-order valence-electron chi connectivity index (χ2n) is 4.36. The maximum absolute atomic E-state index is 12.3. The van der Waals surface area contributed by atoms with Gasteiger partial charge in [-0.3, -0.25) is 0 Å². The molecular weight excluding hydrogens is 191 g/mol. The quantitative estimate of drug-likeness (QED) is 0.692. The van der Waals surface area contributed by atoms with Gasteiger partial charge in [0.25, 0.3) is 0 Å². The number of rotatable bonds is 2. The second-order valence-corrected chi connectivity index (χ2v) is 4.36. The molecule has 0 aliphatic heterocycles. The van der Waals surface area contributed by atoms with Gasteiger partial charge in [0.2, 0.25) is 0 Å². The Balaban J connectivity index is 2.74. The van der Waals surface area contributed by atoms with Crippen LogP contribution in [0.15, 0.2) is 12.2 Å². The van der Waals surface area contributed by atoms with E-state index in [1.165, 1.54) is 0 Å². The molecule has 0 radical (unpaired) electrons. The maximum atomic E-state index is 12.3. The van der Waals surface area contributed by atoms with Crippen LogP contribution in [0.3, 0.4) is 0 Å². The minimum absolute atomic E-state index is 0.410. The van der Waals surface area contributed by atoms with E-state index < -0.39 is 23.2 Å². The highest BCUT2D eigenvalue weighted by Crippen LogP contribution is 2.44. The van der Waals surface area contributed by atoms with Crippen LogP contribution >= 0.6 is 0 Å². The summed E-state index contributed by atoms with van der Waals surface area (Å²) < 4.78 is 37.0. The van der Waals surface area contributed by atoms with Crippen molar-refractivity contribution >= 4 is 0 Å². The summed E-state index contributed by atoms with van der Waals surface area (Å²) in [5.74, 6) is 0. The Kier molecular flexibility index (Phi) is 2.95. The summed E-state index contributed by atoms with van der Waals surface area (Å²) in [5.41, 5.74) is 4.42. The zero-order chi connectivity index (χ0) is 11.0. The Hall–Kier alpha value is -0.510. The fourth-order valence-electron chi connectivity index (χ4n) is 2.09.